The number of aryl methyl sites for hydroxylation is 1. The van der Waals surface area contributed by atoms with Gasteiger partial charge < -0.3 is 13.9 Å². The highest BCUT2D eigenvalue weighted by Gasteiger charge is 2.37. The second-order valence-corrected chi connectivity index (χ2v) is 8.91. The zero-order valence-electron chi connectivity index (χ0n) is 14.7. The molecule has 146 valence electrons. The van der Waals surface area contributed by atoms with Gasteiger partial charge in [0, 0.05) is 11.9 Å². The summed E-state index contributed by atoms with van der Waals surface area (Å²) >= 11 is 1.29. The summed E-state index contributed by atoms with van der Waals surface area (Å²) in [5, 5.41) is 13.0. The monoisotopic (exact) mass is 420 g/mol. The molecule has 3 heterocycles. The molecule has 1 aromatic carbocycles. The summed E-state index contributed by atoms with van der Waals surface area (Å²) in [6.07, 6.45) is 1.41. The molecule has 10 heteroatoms. The predicted octanol–water partition coefficient (Wildman–Crippen LogP) is 2.00. The van der Waals surface area contributed by atoms with E-state index in [2.05, 4.69) is 4.72 Å². The van der Waals surface area contributed by atoms with Crippen LogP contribution >= 0.6 is 11.3 Å². The van der Waals surface area contributed by atoms with E-state index in [1.54, 1.807) is 29.6 Å². The number of sulfonamides is 1. The molecule has 0 unspecified atom stereocenters. The summed E-state index contributed by atoms with van der Waals surface area (Å²) in [5.74, 6) is -0.354. The maximum absolute atomic E-state index is 12.8. The summed E-state index contributed by atoms with van der Waals surface area (Å²) in [5.41, 5.74) is -1.01. The van der Waals surface area contributed by atoms with Crippen LogP contribution in [-0.2, 0) is 22.7 Å². The topological polar surface area (TPSA) is 115 Å². The number of rotatable bonds is 6. The van der Waals surface area contributed by atoms with Crippen molar-refractivity contribution in [1.82, 2.24) is 9.29 Å². The van der Waals surface area contributed by atoms with Gasteiger partial charge in [0.15, 0.2) is 11.2 Å². The smallest absolute Gasteiger partial charge is 0.419 e. The minimum Gasteiger partial charge on any atom is -0.466 e. The van der Waals surface area contributed by atoms with Crippen molar-refractivity contribution in [2.24, 2.45) is 7.05 Å². The van der Waals surface area contributed by atoms with Crippen molar-refractivity contribution in [3.63, 3.8) is 0 Å². The third kappa shape index (κ3) is 3.10. The zero-order chi connectivity index (χ0) is 19.9. The Kier molecular flexibility index (Phi) is 4.50. The Bertz CT molecular complexity index is 1230. The molecular formula is C18H16N2O6S2. The molecule has 0 aliphatic heterocycles. The number of nitrogens with zero attached hydrogens (tertiary/aromatic N) is 1. The predicted molar refractivity (Wildman–Crippen MR) is 103 cm³/mol. The minimum absolute atomic E-state index is 0.0515. The van der Waals surface area contributed by atoms with Crippen LogP contribution in [0.2, 0.25) is 0 Å². The van der Waals surface area contributed by atoms with Gasteiger partial charge in [-0.25, -0.2) is 17.9 Å². The third-order valence-electron chi connectivity index (χ3n) is 4.45. The number of nitrogens with one attached hydrogen (secondary N) is 1. The van der Waals surface area contributed by atoms with E-state index < -0.39 is 21.4 Å². The largest absolute Gasteiger partial charge is 0.466 e. The Labute approximate surface area is 163 Å². The molecule has 0 aliphatic carbocycles. The number of fused-ring (bicyclic) bond motifs is 1. The highest BCUT2D eigenvalue weighted by molar-refractivity contribution is 7.89. The van der Waals surface area contributed by atoms with Crippen LogP contribution in [0.5, 0.6) is 0 Å². The molecule has 4 rings (SSSR count). The maximum Gasteiger partial charge on any atom is 0.419 e. The number of benzene rings is 1. The SMILES string of the molecule is Cn1c(=O)oc2ccc(S(=O)(=O)NC[C@](O)(c3ccco3)c3cccs3)cc21. The van der Waals surface area contributed by atoms with Crippen LogP contribution in [-0.4, -0.2) is 24.6 Å². The fraction of sp³-hybridized carbons (Fsp3) is 0.167. The average Bonchev–Trinajstić information content (AvgIpc) is 3.43. The maximum atomic E-state index is 12.8. The van der Waals surface area contributed by atoms with Gasteiger partial charge in [-0.15, -0.1) is 11.3 Å². The van der Waals surface area contributed by atoms with Gasteiger partial charge in [0.05, 0.1) is 23.2 Å². The Morgan fingerprint density at radius 1 is 1.25 bits per heavy atom. The van der Waals surface area contributed by atoms with Crippen molar-refractivity contribution in [1.29, 1.82) is 0 Å². The van der Waals surface area contributed by atoms with Gasteiger partial charge in [0.1, 0.15) is 5.76 Å². The molecule has 0 bridgehead atoms. The van der Waals surface area contributed by atoms with Crippen molar-refractivity contribution < 1.29 is 22.4 Å². The van der Waals surface area contributed by atoms with Gasteiger partial charge in [0.25, 0.3) is 0 Å². The first-order valence-electron chi connectivity index (χ1n) is 8.21. The summed E-state index contributed by atoms with van der Waals surface area (Å²) in [4.78, 5) is 12.1. The van der Waals surface area contributed by atoms with Crippen LogP contribution < -0.4 is 10.5 Å². The molecule has 0 aliphatic rings. The fourth-order valence-electron chi connectivity index (χ4n) is 2.88. The van der Waals surface area contributed by atoms with Crippen molar-refractivity contribution in [3.05, 3.63) is 75.3 Å². The lowest BCUT2D eigenvalue weighted by atomic mass is 9.99. The average molecular weight is 420 g/mol. The van der Waals surface area contributed by atoms with Gasteiger partial charge in [0.2, 0.25) is 10.0 Å². The van der Waals surface area contributed by atoms with Gasteiger partial charge in [-0.3, -0.25) is 4.57 Å². The molecule has 0 spiro atoms. The molecule has 0 radical (unpaired) electrons. The molecule has 3 aromatic heterocycles. The summed E-state index contributed by atoms with van der Waals surface area (Å²) < 4.78 is 39.6. The second-order valence-electron chi connectivity index (χ2n) is 6.20. The van der Waals surface area contributed by atoms with Crippen molar-refractivity contribution >= 4 is 32.5 Å². The third-order valence-corrected chi connectivity index (χ3v) is 6.87. The molecule has 1 atom stereocenters. The molecule has 0 saturated heterocycles. The Hall–Kier alpha value is -2.66. The number of furan rings is 1. The van der Waals surface area contributed by atoms with Gasteiger partial charge in [-0.2, -0.15) is 0 Å². The summed E-state index contributed by atoms with van der Waals surface area (Å²) in [7, 11) is -2.49. The van der Waals surface area contributed by atoms with Crippen molar-refractivity contribution in [2.45, 2.75) is 10.5 Å². The van der Waals surface area contributed by atoms with Crippen LogP contribution in [0.4, 0.5) is 0 Å². The normalized spacial score (nSPS) is 14.4. The molecule has 4 aromatic rings. The molecule has 0 fully saturated rings. The quantitative estimate of drug-likeness (QED) is 0.493. The number of aromatic nitrogens is 1. The van der Waals surface area contributed by atoms with E-state index in [-0.39, 0.29) is 22.8 Å². The number of oxazole rings is 1. The van der Waals surface area contributed by atoms with Gasteiger partial charge in [-0.1, -0.05) is 6.07 Å². The minimum atomic E-state index is -3.98. The summed E-state index contributed by atoms with van der Waals surface area (Å²) in [6.45, 7) is -0.328. The Morgan fingerprint density at radius 3 is 2.75 bits per heavy atom. The first-order chi connectivity index (χ1) is 13.3. The lowest BCUT2D eigenvalue weighted by Crippen LogP contribution is -2.40. The Balaban J connectivity index is 1.67. The molecule has 8 nitrogen and oxygen atoms in total. The molecule has 28 heavy (non-hydrogen) atoms. The molecule has 2 N–H and O–H groups in total. The van der Waals surface area contributed by atoms with Crippen LogP contribution in [0.1, 0.15) is 10.6 Å². The van der Waals surface area contributed by atoms with Crippen LogP contribution in [0.15, 0.2) is 72.6 Å². The second kappa shape index (κ2) is 6.74. The number of hydrogen-bond donors (Lipinski definition) is 2. The van der Waals surface area contributed by atoms with E-state index in [0.717, 1.165) is 0 Å². The number of thiophene rings is 1. The summed E-state index contributed by atoms with van der Waals surface area (Å²) in [6, 6.07) is 10.8. The van der Waals surface area contributed by atoms with E-state index in [1.165, 1.54) is 47.4 Å². The first kappa shape index (κ1) is 18.7. The van der Waals surface area contributed by atoms with Gasteiger partial charge >= 0.3 is 5.76 Å². The first-order valence-corrected chi connectivity index (χ1v) is 10.6. The molecular weight excluding hydrogens is 404 g/mol. The van der Waals surface area contributed by atoms with Crippen molar-refractivity contribution in [3.8, 4) is 0 Å². The lowest BCUT2D eigenvalue weighted by molar-refractivity contribution is 0.0655. The van der Waals surface area contributed by atoms with Crippen LogP contribution in [0.25, 0.3) is 11.1 Å². The fourth-order valence-corrected chi connectivity index (χ4v) is 4.79. The van der Waals surface area contributed by atoms with E-state index in [9.17, 15) is 18.3 Å². The number of hydrogen-bond acceptors (Lipinski definition) is 7. The van der Waals surface area contributed by atoms with Crippen LogP contribution in [0.3, 0.4) is 0 Å². The Morgan fingerprint density at radius 2 is 2.07 bits per heavy atom. The highest BCUT2D eigenvalue weighted by atomic mass is 32.2. The standard InChI is InChI=1S/C18H16N2O6S2/c1-20-13-10-12(6-7-14(13)26-17(20)21)28(23,24)19-11-18(22,15-4-2-8-25-15)16-5-3-9-27-16/h2-10,19,22H,11H2,1H3/t18-/m0/s1. The van der Waals surface area contributed by atoms with E-state index >= 15 is 0 Å². The zero-order valence-corrected chi connectivity index (χ0v) is 16.3. The van der Waals surface area contributed by atoms with E-state index in [0.29, 0.717) is 10.4 Å². The van der Waals surface area contributed by atoms with E-state index in [1.807, 2.05) is 0 Å². The molecule has 0 saturated carbocycles. The van der Waals surface area contributed by atoms with Gasteiger partial charge in [-0.05, 0) is 41.8 Å². The van der Waals surface area contributed by atoms with Crippen molar-refractivity contribution in [2.75, 3.05) is 6.54 Å². The van der Waals surface area contributed by atoms with Crippen LogP contribution in [0, 0.1) is 0 Å². The number of aliphatic hydroxyl groups is 1. The van der Waals surface area contributed by atoms with E-state index in [4.69, 9.17) is 8.83 Å². The highest BCUT2D eigenvalue weighted by Crippen LogP contribution is 2.33. The lowest BCUT2D eigenvalue weighted by Gasteiger charge is -2.25. The molecule has 0 amide bonds.